The Hall–Kier alpha value is -1.46. The molecule has 0 saturated carbocycles. The van der Waals surface area contributed by atoms with Crippen molar-refractivity contribution < 1.29 is 19.1 Å². The summed E-state index contributed by atoms with van der Waals surface area (Å²) < 4.78 is 10.1. The highest BCUT2D eigenvalue weighted by atomic mass is 16.6. The van der Waals surface area contributed by atoms with Gasteiger partial charge in [-0.25, -0.2) is 9.59 Å². The van der Waals surface area contributed by atoms with Gasteiger partial charge in [-0.1, -0.05) is 38.5 Å². The summed E-state index contributed by atoms with van der Waals surface area (Å²) in [7, 11) is 0. The van der Waals surface area contributed by atoms with Gasteiger partial charge in [-0.2, -0.15) is 0 Å². The zero-order valence-corrected chi connectivity index (χ0v) is 17.4. The van der Waals surface area contributed by atoms with Crippen molar-refractivity contribution in [2.75, 3.05) is 39.4 Å². The minimum atomic E-state index is -0.195. The second kappa shape index (κ2) is 17.0. The predicted octanol–water partition coefficient (Wildman–Crippen LogP) is 5.06. The highest BCUT2D eigenvalue weighted by molar-refractivity contribution is 5.67. The van der Waals surface area contributed by atoms with E-state index < -0.39 is 0 Å². The van der Waals surface area contributed by atoms with Crippen molar-refractivity contribution in [1.29, 1.82) is 0 Å². The van der Waals surface area contributed by atoms with Crippen molar-refractivity contribution in [2.24, 2.45) is 0 Å². The highest BCUT2D eigenvalue weighted by Gasteiger charge is 2.12. The molecule has 0 aliphatic carbocycles. The van der Waals surface area contributed by atoms with Crippen LogP contribution in [0.5, 0.6) is 0 Å². The first-order chi connectivity index (χ1) is 12.6. The lowest BCUT2D eigenvalue weighted by Crippen LogP contribution is -2.32. The Bertz CT molecular complexity index is 330. The average molecular weight is 373 g/mol. The summed E-state index contributed by atoms with van der Waals surface area (Å²) in [6.45, 7) is 11.5. The molecule has 2 amide bonds. The topological polar surface area (TPSA) is 59.1 Å². The predicted molar refractivity (Wildman–Crippen MR) is 105 cm³/mol. The largest absolute Gasteiger partial charge is 0.450 e. The normalized spacial score (nSPS) is 10.5. The smallest absolute Gasteiger partial charge is 0.409 e. The zero-order valence-electron chi connectivity index (χ0n) is 17.4. The van der Waals surface area contributed by atoms with E-state index in [0.717, 1.165) is 38.8 Å². The van der Waals surface area contributed by atoms with Crippen LogP contribution in [0.25, 0.3) is 0 Å². The molecular formula is C20H40N2O4. The second-order valence-electron chi connectivity index (χ2n) is 6.39. The fraction of sp³-hybridized carbons (Fsp3) is 0.900. The van der Waals surface area contributed by atoms with Crippen LogP contribution in [0.4, 0.5) is 9.59 Å². The quantitative estimate of drug-likeness (QED) is 0.377. The molecule has 154 valence electrons. The van der Waals surface area contributed by atoms with Crippen molar-refractivity contribution in [2.45, 2.75) is 79.1 Å². The van der Waals surface area contributed by atoms with Gasteiger partial charge in [0.05, 0.1) is 13.2 Å². The Morgan fingerprint density at radius 2 is 0.885 bits per heavy atom. The molecule has 0 heterocycles. The number of ether oxygens (including phenoxy) is 2. The van der Waals surface area contributed by atoms with Gasteiger partial charge in [0, 0.05) is 26.2 Å². The summed E-state index contributed by atoms with van der Waals surface area (Å²) in [5, 5.41) is 0. The third-order valence-corrected chi connectivity index (χ3v) is 4.42. The van der Waals surface area contributed by atoms with Gasteiger partial charge in [0.1, 0.15) is 0 Å². The SMILES string of the molecule is CCOC(=O)N(CC)CCCCCCCCCCN(CC)C(=O)OCC. The van der Waals surface area contributed by atoms with Crippen molar-refractivity contribution >= 4 is 12.2 Å². The van der Waals surface area contributed by atoms with Crippen LogP contribution in [0, 0.1) is 0 Å². The maximum Gasteiger partial charge on any atom is 0.409 e. The fourth-order valence-electron chi connectivity index (χ4n) is 2.85. The molecule has 0 atom stereocenters. The molecule has 0 rings (SSSR count). The van der Waals surface area contributed by atoms with E-state index in [1.807, 2.05) is 27.7 Å². The maximum absolute atomic E-state index is 11.7. The van der Waals surface area contributed by atoms with Gasteiger partial charge in [-0.05, 0) is 40.5 Å². The van der Waals surface area contributed by atoms with E-state index in [2.05, 4.69) is 0 Å². The van der Waals surface area contributed by atoms with Gasteiger partial charge in [0.15, 0.2) is 0 Å². The van der Waals surface area contributed by atoms with Crippen LogP contribution >= 0.6 is 0 Å². The Morgan fingerprint density at radius 1 is 0.577 bits per heavy atom. The standard InChI is InChI=1S/C20H40N2O4/c1-5-21(19(23)25-7-3)17-15-13-11-9-10-12-14-16-18-22(6-2)20(24)26-8-4/h5-18H2,1-4H3. The first kappa shape index (κ1) is 24.5. The molecule has 0 aromatic rings. The molecular weight excluding hydrogens is 332 g/mol. The van der Waals surface area contributed by atoms with Gasteiger partial charge in [0.2, 0.25) is 0 Å². The van der Waals surface area contributed by atoms with Gasteiger partial charge in [0.25, 0.3) is 0 Å². The number of carbonyl (C=O) groups is 2. The minimum absolute atomic E-state index is 0.195. The molecule has 0 aromatic carbocycles. The molecule has 0 spiro atoms. The van der Waals surface area contributed by atoms with E-state index in [9.17, 15) is 9.59 Å². The molecule has 0 bridgehead atoms. The summed E-state index contributed by atoms with van der Waals surface area (Å²) in [6, 6.07) is 0. The van der Waals surface area contributed by atoms with Crippen LogP contribution in [0.2, 0.25) is 0 Å². The highest BCUT2D eigenvalue weighted by Crippen LogP contribution is 2.10. The Morgan fingerprint density at radius 3 is 1.15 bits per heavy atom. The van der Waals surface area contributed by atoms with Crippen molar-refractivity contribution in [3.8, 4) is 0 Å². The molecule has 0 aliphatic rings. The van der Waals surface area contributed by atoms with E-state index >= 15 is 0 Å². The molecule has 6 nitrogen and oxygen atoms in total. The summed E-state index contributed by atoms with van der Waals surface area (Å²) in [4.78, 5) is 26.9. The molecule has 6 heteroatoms. The molecule has 0 saturated heterocycles. The van der Waals surface area contributed by atoms with E-state index in [1.54, 1.807) is 9.80 Å². The second-order valence-corrected chi connectivity index (χ2v) is 6.39. The van der Waals surface area contributed by atoms with Crippen molar-refractivity contribution in [3.05, 3.63) is 0 Å². The van der Waals surface area contributed by atoms with Crippen molar-refractivity contribution in [1.82, 2.24) is 9.80 Å². The lowest BCUT2D eigenvalue weighted by atomic mass is 10.1. The number of hydrogen-bond donors (Lipinski definition) is 0. The van der Waals surface area contributed by atoms with Crippen LogP contribution < -0.4 is 0 Å². The van der Waals surface area contributed by atoms with E-state index in [1.165, 1.54) is 25.7 Å². The van der Waals surface area contributed by atoms with Crippen LogP contribution in [0.15, 0.2) is 0 Å². The lowest BCUT2D eigenvalue weighted by Gasteiger charge is -2.20. The third-order valence-electron chi connectivity index (χ3n) is 4.42. The van der Waals surface area contributed by atoms with Gasteiger partial charge in [-0.3, -0.25) is 0 Å². The number of rotatable bonds is 15. The van der Waals surface area contributed by atoms with Gasteiger partial charge >= 0.3 is 12.2 Å². The monoisotopic (exact) mass is 372 g/mol. The Labute approximate surface area is 160 Å². The molecule has 0 N–H and O–H groups in total. The van der Waals surface area contributed by atoms with Crippen LogP contribution in [-0.2, 0) is 9.47 Å². The Kier molecular flexibility index (Phi) is 16.0. The number of carbonyl (C=O) groups excluding carboxylic acids is 2. The van der Waals surface area contributed by atoms with Gasteiger partial charge < -0.3 is 19.3 Å². The van der Waals surface area contributed by atoms with Crippen LogP contribution in [0.3, 0.4) is 0 Å². The molecule has 0 unspecified atom stereocenters. The number of nitrogens with zero attached hydrogens (tertiary/aromatic N) is 2. The molecule has 26 heavy (non-hydrogen) atoms. The number of hydrogen-bond acceptors (Lipinski definition) is 4. The first-order valence-electron chi connectivity index (χ1n) is 10.4. The average Bonchev–Trinajstić information content (AvgIpc) is 2.63. The summed E-state index contributed by atoms with van der Waals surface area (Å²) in [5.41, 5.74) is 0. The third kappa shape index (κ3) is 12.0. The van der Waals surface area contributed by atoms with Crippen molar-refractivity contribution in [3.63, 3.8) is 0 Å². The Balaban J connectivity index is 3.56. The molecule has 0 fully saturated rings. The van der Waals surface area contributed by atoms with E-state index in [4.69, 9.17) is 9.47 Å². The van der Waals surface area contributed by atoms with E-state index in [-0.39, 0.29) is 12.2 Å². The molecule has 0 radical (unpaired) electrons. The number of amides is 2. The first-order valence-corrected chi connectivity index (χ1v) is 10.4. The fourth-order valence-corrected chi connectivity index (χ4v) is 2.85. The molecule has 0 aromatic heterocycles. The summed E-state index contributed by atoms with van der Waals surface area (Å²) >= 11 is 0. The molecule has 0 aliphatic heterocycles. The summed E-state index contributed by atoms with van der Waals surface area (Å²) in [5.74, 6) is 0. The number of unbranched alkanes of at least 4 members (excludes halogenated alkanes) is 7. The van der Waals surface area contributed by atoms with Gasteiger partial charge in [-0.15, -0.1) is 0 Å². The zero-order chi connectivity index (χ0) is 19.6. The van der Waals surface area contributed by atoms with Crippen LogP contribution in [0.1, 0.15) is 79.1 Å². The maximum atomic E-state index is 11.7. The van der Waals surface area contributed by atoms with E-state index in [0.29, 0.717) is 26.3 Å². The summed E-state index contributed by atoms with van der Waals surface area (Å²) in [6.07, 6.45) is 8.90. The lowest BCUT2D eigenvalue weighted by molar-refractivity contribution is 0.107. The van der Waals surface area contributed by atoms with Crippen LogP contribution in [-0.4, -0.2) is 61.4 Å². The minimum Gasteiger partial charge on any atom is -0.450 e.